The van der Waals surface area contributed by atoms with Gasteiger partial charge < -0.3 is 19.7 Å². The molecule has 0 bridgehead atoms. The third-order valence-electron chi connectivity index (χ3n) is 4.65. The predicted octanol–water partition coefficient (Wildman–Crippen LogP) is 1.02. The number of rotatable bonds is 5. The number of methoxy groups -OCH3 is 1. The number of ether oxygens (including phenoxy) is 2. The maximum absolute atomic E-state index is 12.8. The Morgan fingerprint density at radius 3 is 2.44 bits per heavy atom. The van der Waals surface area contributed by atoms with Crippen molar-refractivity contribution in [3.8, 4) is 0 Å². The largest absolute Gasteiger partial charge is 0.444 e. The molecule has 1 aliphatic carbocycles. The lowest BCUT2D eigenvalue weighted by Crippen LogP contribution is -2.52. The van der Waals surface area contributed by atoms with Gasteiger partial charge in [0.15, 0.2) is 0 Å². The zero-order chi connectivity index (χ0) is 20.4. The van der Waals surface area contributed by atoms with E-state index in [9.17, 15) is 18.0 Å². The summed E-state index contributed by atoms with van der Waals surface area (Å²) < 4.78 is 38.5. The summed E-state index contributed by atoms with van der Waals surface area (Å²) in [5.74, 6) is -0.171. The maximum Gasteiger partial charge on any atom is 0.408 e. The summed E-state index contributed by atoms with van der Waals surface area (Å²) in [6.07, 6.45) is 1.62. The van der Waals surface area contributed by atoms with Crippen molar-refractivity contribution in [3.63, 3.8) is 0 Å². The van der Waals surface area contributed by atoms with E-state index in [4.69, 9.17) is 13.7 Å². The lowest BCUT2D eigenvalue weighted by Gasteiger charge is -2.39. The van der Waals surface area contributed by atoms with Crippen LogP contribution >= 0.6 is 0 Å². The van der Waals surface area contributed by atoms with Crippen LogP contribution in [0.3, 0.4) is 0 Å². The Morgan fingerprint density at radius 1 is 1.22 bits per heavy atom. The summed E-state index contributed by atoms with van der Waals surface area (Å²) >= 11 is 0. The van der Waals surface area contributed by atoms with Crippen LogP contribution in [-0.2, 0) is 28.6 Å². The maximum atomic E-state index is 12.8. The van der Waals surface area contributed by atoms with E-state index >= 15 is 0 Å². The quantitative estimate of drug-likeness (QED) is 0.679. The molecule has 2 amide bonds. The number of nitrogens with zero attached hydrogens (tertiary/aromatic N) is 1. The second-order valence-electron chi connectivity index (χ2n) is 8.10. The second kappa shape index (κ2) is 8.32. The fourth-order valence-electron chi connectivity index (χ4n) is 3.64. The van der Waals surface area contributed by atoms with Crippen LogP contribution in [0.15, 0.2) is 0 Å². The molecule has 0 spiro atoms. The Morgan fingerprint density at radius 2 is 1.89 bits per heavy atom. The minimum atomic E-state index is -3.54. The standard InChI is InChI=1S/C17H30N2O7S/c1-17(2,3)25-16(21)18-12-8-9-19(15(12)20)13-7-6-11(10-14(13)24-4)26-27(5,22)23/h11-14H,6-10H2,1-5H3,(H,18,21)/t11-,12+,13-,14+/m1/s1. The minimum Gasteiger partial charge on any atom is -0.444 e. The first-order valence-electron chi connectivity index (χ1n) is 9.10. The van der Waals surface area contributed by atoms with E-state index in [1.165, 1.54) is 7.11 Å². The van der Waals surface area contributed by atoms with Gasteiger partial charge in [0.05, 0.1) is 24.5 Å². The molecule has 1 N–H and O–H groups in total. The van der Waals surface area contributed by atoms with E-state index in [1.807, 2.05) is 0 Å². The fraction of sp³-hybridized carbons (Fsp3) is 0.882. The van der Waals surface area contributed by atoms with Crippen LogP contribution in [0, 0.1) is 0 Å². The number of alkyl carbamates (subject to hydrolysis) is 1. The molecule has 0 aromatic carbocycles. The smallest absolute Gasteiger partial charge is 0.408 e. The molecule has 0 aromatic rings. The van der Waals surface area contributed by atoms with Gasteiger partial charge in [-0.3, -0.25) is 8.98 Å². The SMILES string of the molecule is CO[C@H]1C[C@H](OS(C)(=O)=O)CC[C@H]1N1CC[C@H](NC(=O)OC(C)(C)C)C1=O. The molecule has 1 aliphatic heterocycles. The number of likely N-dealkylation sites (tertiary alicyclic amines) is 1. The van der Waals surface area contributed by atoms with Crippen molar-refractivity contribution in [1.29, 1.82) is 0 Å². The molecular weight excluding hydrogens is 376 g/mol. The zero-order valence-corrected chi connectivity index (χ0v) is 17.4. The summed E-state index contributed by atoms with van der Waals surface area (Å²) in [4.78, 5) is 26.4. The average Bonchev–Trinajstić information content (AvgIpc) is 2.84. The molecule has 2 rings (SSSR count). The summed E-state index contributed by atoms with van der Waals surface area (Å²) in [5, 5.41) is 2.63. The van der Waals surface area contributed by atoms with Crippen LogP contribution < -0.4 is 5.32 Å². The van der Waals surface area contributed by atoms with Gasteiger partial charge in [0.1, 0.15) is 11.6 Å². The van der Waals surface area contributed by atoms with Gasteiger partial charge in [-0.1, -0.05) is 0 Å². The van der Waals surface area contributed by atoms with Crippen LogP contribution in [0.4, 0.5) is 4.79 Å². The number of hydrogen-bond donors (Lipinski definition) is 1. The number of amides is 2. The van der Waals surface area contributed by atoms with Gasteiger partial charge in [-0.15, -0.1) is 0 Å². The molecular formula is C17H30N2O7S. The van der Waals surface area contributed by atoms with E-state index in [0.717, 1.165) is 6.26 Å². The predicted molar refractivity (Wildman–Crippen MR) is 97.6 cm³/mol. The average molecular weight is 407 g/mol. The molecule has 9 nitrogen and oxygen atoms in total. The Labute approximate surface area is 160 Å². The van der Waals surface area contributed by atoms with Crippen molar-refractivity contribution >= 4 is 22.1 Å². The first kappa shape index (κ1) is 21.9. The molecule has 1 heterocycles. The van der Waals surface area contributed by atoms with Gasteiger partial charge in [0.2, 0.25) is 5.91 Å². The molecule has 0 radical (unpaired) electrons. The first-order valence-corrected chi connectivity index (χ1v) is 10.9. The lowest BCUT2D eigenvalue weighted by atomic mass is 9.89. The van der Waals surface area contributed by atoms with Crippen LogP contribution in [0.2, 0.25) is 0 Å². The number of carbonyl (C=O) groups excluding carboxylic acids is 2. The van der Waals surface area contributed by atoms with Gasteiger partial charge >= 0.3 is 6.09 Å². The Hall–Kier alpha value is -1.39. The Balaban J connectivity index is 1.96. The number of carbonyl (C=O) groups is 2. The number of nitrogens with one attached hydrogen (secondary N) is 1. The van der Waals surface area contributed by atoms with Crippen LogP contribution in [0.1, 0.15) is 46.5 Å². The van der Waals surface area contributed by atoms with Crippen LogP contribution in [0.25, 0.3) is 0 Å². The molecule has 0 aromatic heterocycles. The third-order valence-corrected chi connectivity index (χ3v) is 5.28. The highest BCUT2D eigenvalue weighted by Gasteiger charge is 2.43. The summed E-state index contributed by atoms with van der Waals surface area (Å²) in [5.41, 5.74) is -0.634. The van der Waals surface area contributed by atoms with Gasteiger partial charge in [-0.25, -0.2) is 4.79 Å². The summed E-state index contributed by atoms with van der Waals surface area (Å²) in [7, 11) is -2.00. The molecule has 156 valence electrons. The van der Waals surface area contributed by atoms with Crippen molar-refractivity contribution in [2.75, 3.05) is 19.9 Å². The second-order valence-corrected chi connectivity index (χ2v) is 9.70. The van der Waals surface area contributed by atoms with Crippen molar-refractivity contribution < 1.29 is 31.7 Å². The van der Waals surface area contributed by atoms with Gasteiger partial charge in [0.25, 0.3) is 10.1 Å². The molecule has 4 atom stereocenters. The van der Waals surface area contributed by atoms with Gasteiger partial charge in [-0.05, 0) is 40.0 Å². The molecule has 27 heavy (non-hydrogen) atoms. The normalized spacial score (nSPS) is 29.7. The van der Waals surface area contributed by atoms with E-state index in [-0.39, 0.29) is 18.1 Å². The number of hydrogen-bond acceptors (Lipinski definition) is 7. The molecule has 10 heteroatoms. The lowest BCUT2D eigenvalue weighted by molar-refractivity contribution is -0.136. The topological polar surface area (TPSA) is 111 Å². The summed E-state index contributed by atoms with van der Waals surface area (Å²) in [6.45, 7) is 5.78. The molecule has 2 aliphatic rings. The Kier molecular flexibility index (Phi) is 6.75. The fourth-order valence-corrected chi connectivity index (χ4v) is 4.31. The van der Waals surface area contributed by atoms with Crippen molar-refractivity contribution in [3.05, 3.63) is 0 Å². The minimum absolute atomic E-state index is 0.171. The van der Waals surface area contributed by atoms with Crippen molar-refractivity contribution in [1.82, 2.24) is 10.2 Å². The molecule has 0 unspecified atom stereocenters. The van der Waals surface area contributed by atoms with E-state index < -0.39 is 34.0 Å². The van der Waals surface area contributed by atoms with Crippen molar-refractivity contribution in [2.45, 2.75) is 76.3 Å². The van der Waals surface area contributed by atoms with E-state index in [2.05, 4.69) is 5.32 Å². The van der Waals surface area contributed by atoms with Gasteiger partial charge in [0, 0.05) is 20.1 Å². The molecule has 1 saturated carbocycles. The highest BCUT2D eigenvalue weighted by Crippen LogP contribution is 2.31. The van der Waals surface area contributed by atoms with Crippen LogP contribution in [0.5, 0.6) is 0 Å². The van der Waals surface area contributed by atoms with E-state index in [1.54, 1.807) is 25.7 Å². The monoisotopic (exact) mass is 406 g/mol. The molecule has 1 saturated heterocycles. The van der Waals surface area contributed by atoms with Crippen LogP contribution in [-0.4, -0.2) is 75.1 Å². The van der Waals surface area contributed by atoms with Crippen molar-refractivity contribution in [2.24, 2.45) is 0 Å². The summed E-state index contributed by atoms with van der Waals surface area (Å²) in [6, 6.07) is -0.797. The van der Waals surface area contributed by atoms with E-state index in [0.29, 0.717) is 32.2 Å². The van der Waals surface area contributed by atoms with Gasteiger partial charge in [-0.2, -0.15) is 8.42 Å². The Bertz CT molecular complexity index is 659. The molecule has 2 fully saturated rings. The first-order chi connectivity index (χ1) is 12.4. The zero-order valence-electron chi connectivity index (χ0n) is 16.6. The highest BCUT2D eigenvalue weighted by atomic mass is 32.2. The third kappa shape index (κ3) is 6.32. The highest BCUT2D eigenvalue weighted by molar-refractivity contribution is 7.86.